The Morgan fingerprint density at radius 2 is 1.85 bits per heavy atom. The number of esters is 1. The molecular weight excluding hydrogens is 445 g/mol. The average molecular weight is 474 g/mol. The second-order valence-corrected chi connectivity index (χ2v) is 8.57. The van der Waals surface area contributed by atoms with Gasteiger partial charge in [0.1, 0.15) is 17.3 Å². The first-order chi connectivity index (χ1) is 16.0. The molecule has 0 amide bonds. The van der Waals surface area contributed by atoms with E-state index in [9.17, 15) is 14.0 Å². The zero-order valence-corrected chi connectivity index (χ0v) is 19.9. The van der Waals surface area contributed by atoms with Gasteiger partial charge in [-0.05, 0) is 36.2 Å². The molecule has 0 bridgehead atoms. The molecule has 0 aliphatic carbocycles. The van der Waals surface area contributed by atoms with Gasteiger partial charge < -0.3 is 18.8 Å². The summed E-state index contributed by atoms with van der Waals surface area (Å²) >= 11 is 1.59. The maximum absolute atomic E-state index is 15.0. The molecule has 1 heterocycles. The number of hydrogen-bond acceptors (Lipinski definition) is 6. The lowest BCUT2D eigenvalue weighted by atomic mass is 10.0. The Balaban J connectivity index is 2.05. The van der Waals surface area contributed by atoms with Crippen molar-refractivity contribution in [3.63, 3.8) is 0 Å². The zero-order chi connectivity index (χ0) is 23.8. The number of aryl methyl sites for hydroxylation is 1. The molecule has 0 radical (unpaired) electrons. The third kappa shape index (κ3) is 5.87. The fourth-order valence-electron chi connectivity index (χ4n) is 3.47. The SMILES string of the molecule is CCCOc1ccc(F)c2c(=O)c(-c3ccc(OC)cc3)cn(CCSCCC(=O)OC)c12. The van der Waals surface area contributed by atoms with Crippen LogP contribution in [-0.2, 0) is 16.1 Å². The number of carbonyl (C=O) groups is 1. The lowest BCUT2D eigenvalue weighted by molar-refractivity contribution is -0.140. The van der Waals surface area contributed by atoms with Crippen LogP contribution < -0.4 is 14.9 Å². The number of benzene rings is 2. The highest BCUT2D eigenvalue weighted by Gasteiger charge is 2.18. The Bertz CT molecular complexity index is 1160. The van der Waals surface area contributed by atoms with Gasteiger partial charge in [-0.15, -0.1) is 0 Å². The maximum atomic E-state index is 15.0. The summed E-state index contributed by atoms with van der Waals surface area (Å²) in [5, 5.41) is 0.0106. The standard InChI is InChI=1S/C25H28FNO5S/c1-4-13-32-21-10-9-20(26)23-24(21)27(12-15-33-14-11-22(28)31-3)16-19(25(23)29)17-5-7-18(30-2)8-6-17/h5-10,16H,4,11-15H2,1-3H3. The van der Waals surface area contributed by atoms with E-state index in [1.807, 2.05) is 11.5 Å². The first kappa shape index (κ1) is 24.6. The van der Waals surface area contributed by atoms with Crippen molar-refractivity contribution in [2.24, 2.45) is 0 Å². The summed E-state index contributed by atoms with van der Waals surface area (Å²) in [4.78, 5) is 24.7. The minimum Gasteiger partial charge on any atom is -0.497 e. The number of nitrogens with zero attached hydrogens (tertiary/aromatic N) is 1. The van der Waals surface area contributed by atoms with Crippen LogP contribution in [0.5, 0.6) is 11.5 Å². The van der Waals surface area contributed by atoms with E-state index < -0.39 is 5.82 Å². The molecule has 3 aromatic rings. The van der Waals surface area contributed by atoms with Gasteiger partial charge in [0.05, 0.1) is 38.2 Å². The van der Waals surface area contributed by atoms with Crippen molar-refractivity contribution in [2.75, 3.05) is 32.3 Å². The second-order valence-electron chi connectivity index (χ2n) is 7.35. The van der Waals surface area contributed by atoms with Crippen LogP contribution in [0.25, 0.3) is 22.0 Å². The van der Waals surface area contributed by atoms with E-state index in [1.54, 1.807) is 55.4 Å². The van der Waals surface area contributed by atoms with Crippen LogP contribution in [-0.4, -0.2) is 42.9 Å². The fourth-order valence-corrected chi connectivity index (χ4v) is 4.31. The van der Waals surface area contributed by atoms with E-state index in [-0.39, 0.29) is 16.8 Å². The maximum Gasteiger partial charge on any atom is 0.306 e. The van der Waals surface area contributed by atoms with E-state index in [1.165, 1.54) is 13.2 Å². The van der Waals surface area contributed by atoms with E-state index in [0.29, 0.717) is 59.2 Å². The molecule has 0 saturated carbocycles. The predicted octanol–water partition coefficient (Wildman–Crippen LogP) is 4.90. The fraction of sp³-hybridized carbons (Fsp3) is 0.360. The lowest BCUT2D eigenvalue weighted by Crippen LogP contribution is -2.16. The van der Waals surface area contributed by atoms with Crippen LogP contribution in [0.3, 0.4) is 0 Å². The van der Waals surface area contributed by atoms with Crippen molar-refractivity contribution in [2.45, 2.75) is 26.3 Å². The van der Waals surface area contributed by atoms with Gasteiger partial charge in [0.25, 0.3) is 0 Å². The molecule has 0 N–H and O–H groups in total. The molecular formula is C25H28FNO5S. The first-order valence-electron chi connectivity index (χ1n) is 10.8. The molecule has 0 aliphatic rings. The number of hydrogen-bond donors (Lipinski definition) is 0. The minimum atomic E-state index is -0.582. The molecule has 0 aliphatic heterocycles. The predicted molar refractivity (Wildman–Crippen MR) is 130 cm³/mol. The highest BCUT2D eigenvalue weighted by atomic mass is 32.2. The Hall–Kier alpha value is -3.00. The number of carbonyl (C=O) groups excluding carboxylic acids is 1. The van der Waals surface area contributed by atoms with Crippen LogP contribution in [0.2, 0.25) is 0 Å². The number of ether oxygens (including phenoxy) is 3. The third-order valence-corrected chi connectivity index (χ3v) is 6.12. The van der Waals surface area contributed by atoms with Crippen LogP contribution in [0.1, 0.15) is 19.8 Å². The Kier molecular flexibility index (Phi) is 8.77. The third-order valence-electron chi connectivity index (χ3n) is 5.15. The zero-order valence-electron chi connectivity index (χ0n) is 19.1. The minimum absolute atomic E-state index is 0.0106. The molecule has 0 saturated heterocycles. The van der Waals surface area contributed by atoms with Crippen LogP contribution in [0, 0.1) is 5.82 Å². The van der Waals surface area contributed by atoms with Gasteiger partial charge in [-0.1, -0.05) is 19.1 Å². The van der Waals surface area contributed by atoms with E-state index in [2.05, 4.69) is 4.74 Å². The quantitative estimate of drug-likeness (QED) is 0.292. The number of methoxy groups -OCH3 is 2. The van der Waals surface area contributed by atoms with Crippen molar-refractivity contribution < 1.29 is 23.4 Å². The van der Waals surface area contributed by atoms with Crippen LogP contribution >= 0.6 is 11.8 Å². The molecule has 2 aromatic carbocycles. The average Bonchev–Trinajstić information content (AvgIpc) is 2.84. The number of fused-ring (bicyclic) bond motifs is 1. The molecule has 0 unspecified atom stereocenters. The number of rotatable bonds is 11. The molecule has 33 heavy (non-hydrogen) atoms. The number of pyridine rings is 1. The molecule has 1 aromatic heterocycles. The highest BCUT2D eigenvalue weighted by molar-refractivity contribution is 7.99. The summed E-state index contributed by atoms with van der Waals surface area (Å²) in [6, 6.07) is 9.95. The van der Waals surface area contributed by atoms with Crippen LogP contribution in [0.15, 0.2) is 47.4 Å². The van der Waals surface area contributed by atoms with Crippen molar-refractivity contribution >= 4 is 28.6 Å². The van der Waals surface area contributed by atoms with Gasteiger partial charge in [0.15, 0.2) is 5.43 Å². The van der Waals surface area contributed by atoms with Crippen LogP contribution in [0.4, 0.5) is 4.39 Å². The number of thioether (sulfide) groups is 1. The van der Waals surface area contributed by atoms with Gasteiger partial charge in [0.2, 0.25) is 0 Å². The van der Waals surface area contributed by atoms with Gasteiger partial charge in [0, 0.05) is 29.8 Å². The van der Waals surface area contributed by atoms with Gasteiger partial charge in [-0.3, -0.25) is 9.59 Å². The van der Waals surface area contributed by atoms with Gasteiger partial charge in [-0.25, -0.2) is 4.39 Å². The summed E-state index contributed by atoms with van der Waals surface area (Å²) in [6.45, 7) is 2.96. The Morgan fingerprint density at radius 1 is 1.09 bits per heavy atom. The summed E-state index contributed by atoms with van der Waals surface area (Å²) in [6.07, 6.45) is 2.87. The largest absolute Gasteiger partial charge is 0.497 e. The molecule has 0 atom stereocenters. The molecule has 3 rings (SSSR count). The summed E-state index contributed by atoms with van der Waals surface area (Å²) in [5.74, 6) is 1.59. The van der Waals surface area contributed by atoms with Crippen molar-refractivity contribution in [1.82, 2.24) is 4.57 Å². The Labute approximate surface area is 196 Å². The molecule has 0 spiro atoms. The number of halogens is 1. The van der Waals surface area contributed by atoms with E-state index in [0.717, 1.165) is 6.42 Å². The van der Waals surface area contributed by atoms with E-state index >= 15 is 0 Å². The topological polar surface area (TPSA) is 66.8 Å². The van der Waals surface area contributed by atoms with Crippen molar-refractivity contribution in [3.8, 4) is 22.6 Å². The number of aromatic nitrogens is 1. The Morgan fingerprint density at radius 3 is 2.52 bits per heavy atom. The molecule has 6 nitrogen and oxygen atoms in total. The molecule has 176 valence electrons. The van der Waals surface area contributed by atoms with Crippen molar-refractivity contribution in [1.29, 1.82) is 0 Å². The smallest absolute Gasteiger partial charge is 0.306 e. The normalized spacial score (nSPS) is 10.9. The summed E-state index contributed by atoms with van der Waals surface area (Å²) < 4.78 is 32.6. The first-order valence-corrected chi connectivity index (χ1v) is 11.9. The van der Waals surface area contributed by atoms with Gasteiger partial charge in [-0.2, -0.15) is 11.8 Å². The highest BCUT2D eigenvalue weighted by Crippen LogP contribution is 2.30. The monoisotopic (exact) mass is 473 g/mol. The van der Waals surface area contributed by atoms with Crippen molar-refractivity contribution in [3.05, 3.63) is 58.6 Å². The summed E-state index contributed by atoms with van der Waals surface area (Å²) in [5.41, 5.74) is 1.13. The van der Waals surface area contributed by atoms with E-state index in [4.69, 9.17) is 9.47 Å². The molecule has 0 fully saturated rings. The molecule has 8 heteroatoms. The second kappa shape index (κ2) is 11.7. The summed E-state index contributed by atoms with van der Waals surface area (Å²) in [7, 11) is 2.94. The van der Waals surface area contributed by atoms with Gasteiger partial charge >= 0.3 is 5.97 Å². The lowest BCUT2D eigenvalue weighted by Gasteiger charge is -2.17.